The number of nitrogens with zero attached hydrogens (tertiary/aromatic N) is 6. The number of nitrogens with one attached hydrogen (secondary N) is 2. The number of hydrogen-bond acceptors (Lipinski definition) is 7. The van der Waals surface area contributed by atoms with Gasteiger partial charge in [-0.25, -0.2) is 19.9 Å². The highest BCUT2D eigenvalue weighted by molar-refractivity contribution is 5.52. The molecular weight excluding hydrogens is 376 g/mol. The molecular formula is C22H26N8. The van der Waals surface area contributed by atoms with E-state index in [2.05, 4.69) is 37.1 Å². The molecule has 8 nitrogen and oxygen atoms in total. The van der Waals surface area contributed by atoms with Crippen LogP contribution >= 0.6 is 0 Å². The van der Waals surface area contributed by atoms with Crippen LogP contribution < -0.4 is 5.32 Å². The lowest BCUT2D eigenvalue weighted by molar-refractivity contribution is 0.242. The van der Waals surface area contributed by atoms with Crippen LogP contribution in [0.15, 0.2) is 36.8 Å². The summed E-state index contributed by atoms with van der Waals surface area (Å²) in [6, 6.07) is 7.74. The standard InChI is InChI=1S/C22H26N8/c1-2-3-6-21-26-14-18(27-21)15-30-11-4-5-20(30)19-9-10-24-22(29-19)28-17-8-7-16(12-23)25-13-17/h7-10,13-14,20H,2-6,11,15H2,1H3,(H,26,27)(H,24,28,29)/t20-/m1/s1. The minimum Gasteiger partial charge on any atom is -0.345 e. The minimum absolute atomic E-state index is 0.259. The molecule has 0 unspecified atom stereocenters. The number of imidazole rings is 1. The molecule has 2 N–H and O–H groups in total. The van der Waals surface area contributed by atoms with E-state index in [0.717, 1.165) is 61.7 Å². The summed E-state index contributed by atoms with van der Waals surface area (Å²) in [6.45, 7) is 4.08. The number of unbranched alkanes of at least 4 members (excludes halogenated alkanes) is 1. The lowest BCUT2D eigenvalue weighted by Gasteiger charge is -2.23. The van der Waals surface area contributed by atoms with Crippen molar-refractivity contribution in [2.45, 2.75) is 51.6 Å². The molecule has 1 saturated heterocycles. The Morgan fingerprint density at radius 2 is 2.17 bits per heavy atom. The molecule has 4 rings (SSSR count). The van der Waals surface area contributed by atoms with Crippen LogP contribution in [0.2, 0.25) is 0 Å². The van der Waals surface area contributed by atoms with Crippen molar-refractivity contribution in [2.75, 3.05) is 11.9 Å². The Balaban J connectivity index is 1.44. The second-order valence-corrected chi connectivity index (χ2v) is 7.56. The van der Waals surface area contributed by atoms with Gasteiger partial charge in [-0.1, -0.05) is 13.3 Å². The maximum atomic E-state index is 8.88. The molecule has 0 bridgehead atoms. The number of hydrogen-bond donors (Lipinski definition) is 2. The van der Waals surface area contributed by atoms with Crippen molar-refractivity contribution in [3.8, 4) is 6.07 Å². The summed E-state index contributed by atoms with van der Waals surface area (Å²) in [6.07, 6.45) is 10.9. The largest absolute Gasteiger partial charge is 0.345 e. The topological polar surface area (TPSA) is 106 Å². The number of H-pyrrole nitrogens is 1. The Kier molecular flexibility index (Phi) is 6.30. The molecule has 3 aromatic heterocycles. The molecule has 30 heavy (non-hydrogen) atoms. The summed E-state index contributed by atoms with van der Waals surface area (Å²) in [7, 11) is 0. The predicted octanol–water partition coefficient (Wildman–Crippen LogP) is 3.89. The zero-order valence-electron chi connectivity index (χ0n) is 17.2. The summed E-state index contributed by atoms with van der Waals surface area (Å²) in [4.78, 5) is 23.6. The fourth-order valence-electron chi connectivity index (χ4n) is 3.81. The first-order valence-electron chi connectivity index (χ1n) is 10.5. The molecule has 0 aliphatic carbocycles. The molecule has 3 aromatic rings. The second-order valence-electron chi connectivity index (χ2n) is 7.56. The average molecular weight is 403 g/mol. The van der Waals surface area contributed by atoms with Crippen LogP contribution in [0.1, 0.15) is 61.6 Å². The van der Waals surface area contributed by atoms with Crippen molar-refractivity contribution >= 4 is 11.6 Å². The van der Waals surface area contributed by atoms with Crippen molar-refractivity contribution in [1.82, 2.24) is 29.8 Å². The molecule has 1 aliphatic heterocycles. The predicted molar refractivity (Wildman–Crippen MR) is 114 cm³/mol. The van der Waals surface area contributed by atoms with Gasteiger partial charge in [-0.05, 0) is 44.0 Å². The first-order chi connectivity index (χ1) is 14.7. The van der Waals surface area contributed by atoms with Crippen LogP contribution in [0.5, 0.6) is 0 Å². The van der Waals surface area contributed by atoms with Crippen LogP contribution in [0, 0.1) is 11.3 Å². The highest BCUT2D eigenvalue weighted by Gasteiger charge is 2.27. The zero-order valence-corrected chi connectivity index (χ0v) is 17.2. The summed E-state index contributed by atoms with van der Waals surface area (Å²) >= 11 is 0. The van der Waals surface area contributed by atoms with Gasteiger partial charge in [-0.3, -0.25) is 4.90 Å². The monoisotopic (exact) mass is 402 g/mol. The van der Waals surface area contributed by atoms with Crippen LogP contribution in [0.25, 0.3) is 0 Å². The number of aromatic nitrogens is 5. The van der Waals surface area contributed by atoms with Crippen LogP contribution in [0.3, 0.4) is 0 Å². The van der Waals surface area contributed by atoms with Crippen molar-refractivity contribution in [3.05, 3.63) is 59.7 Å². The normalized spacial score (nSPS) is 16.5. The number of aryl methyl sites for hydroxylation is 1. The maximum Gasteiger partial charge on any atom is 0.227 e. The number of rotatable bonds is 8. The molecule has 1 atom stereocenters. The van der Waals surface area contributed by atoms with Gasteiger partial charge in [0.2, 0.25) is 5.95 Å². The molecule has 154 valence electrons. The van der Waals surface area contributed by atoms with E-state index in [1.807, 2.05) is 18.3 Å². The van der Waals surface area contributed by atoms with E-state index >= 15 is 0 Å². The van der Waals surface area contributed by atoms with Gasteiger partial charge >= 0.3 is 0 Å². The molecule has 1 aliphatic rings. The number of nitriles is 1. The fraction of sp³-hybridized carbons (Fsp3) is 0.409. The van der Waals surface area contributed by atoms with Gasteiger partial charge in [0.1, 0.15) is 17.6 Å². The smallest absolute Gasteiger partial charge is 0.227 e. The molecule has 0 saturated carbocycles. The molecule has 0 amide bonds. The SMILES string of the molecule is CCCCc1ncc(CN2CCC[C@@H]2c2ccnc(Nc3ccc(C#N)nc3)n2)[nH]1. The van der Waals surface area contributed by atoms with Crippen molar-refractivity contribution < 1.29 is 0 Å². The molecule has 0 radical (unpaired) electrons. The number of pyridine rings is 1. The first kappa shape index (κ1) is 20.0. The lowest BCUT2D eigenvalue weighted by atomic mass is 10.1. The van der Waals surface area contributed by atoms with Gasteiger partial charge in [-0.15, -0.1) is 0 Å². The van der Waals surface area contributed by atoms with Gasteiger partial charge in [0.25, 0.3) is 0 Å². The zero-order chi connectivity index (χ0) is 20.8. The fourth-order valence-corrected chi connectivity index (χ4v) is 3.81. The van der Waals surface area contributed by atoms with Crippen molar-refractivity contribution in [3.63, 3.8) is 0 Å². The van der Waals surface area contributed by atoms with Gasteiger partial charge < -0.3 is 10.3 Å². The van der Waals surface area contributed by atoms with Crippen molar-refractivity contribution in [2.24, 2.45) is 0 Å². The number of aromatic amines is 1. The molecule has 0 aromatic carbocycles. The van der Waals surface area contributed by atoms with Crippen LogP contribution in [-0.2, 0) is 13.0 Å². The van der Waals surface area contributed by atoms with Gasteiger partial charge in [-0.2, -0.15) is 5.26 Å². The average Bonchev–Trinajstić information content (AvgIpc) is 3.43. The molecule has 0 spiro atoms. The first-order valence-corrected chi connectivity index (χ1v) is 10.5. The van der Waals surface area contributed by atoms with Gasteiger partial charge in [0, 0.05) is 31.1 Å². The highest BCUT2D eigenvalue weighted by Crippen LogP contribution is 2.32. The highest BCUT2D eigenvalue weighted by atomic mass is 15.2. The Labute approximate surface area is 176 Å². The second kappa shape index (κ2) is 9.46. The van der Waals surface area contributed by atoms with E-state index in [-0.39, 0.29) is 6.04 Å². The summed E-state index contributed by atoms with van der Waals surface area (Å²) in [5, 5.41) is 12.1. The summed E-state index contributed by atoms with van der Waals surface area (Å²) in [5.74, 6) is 1.61. The van der Waals surface area contributed by atoms with E-state index in [4.69, 9.17) is 10.2 Å². The quantitative estimate of drug-likeness (QED) is 0.589. The van der Waals surface area contributed by atoms with E-state index in [0.29, 0.717) is 11.6 Å². The van der Waals surface area contributed by atoms with Crippen molar-refractivity contribution in [1.29, 1.82) is 5.26 Å². The van der Waals surface area contributed by atoms with Gasteiger partial charge in [0.05, 0.1) is 23.6 Å². The Bertz CT molecular complexity index is 1000. The van der Waals surface area contributed by atoms with E-state index in [9.17, 15) is 0 Å². The Hall–Kier alpha value is -3.31. The number of likely N-dealkylation sites (tertiary alicyclic amines) is 1. The third-order valence-electron chi connectivity index (χ3n) is 5.34. The number of anilines is 2. The molecule has 1 fully saturated rings. The third-order valence-corrected chi connectivity index (χ3v) is 5.34. The summed E-state index contributed by atoms with van der Waals surface area (Å²) in [5.41, 5.74) is 3.31. The van der Waals surface area contributed by atoms with E-state index < -0.39 is 0 Å². The molecule has 4 heterocycles. The van der Waals surface area contributed by atoms with Crippen LogP contribution in [-0.4, -0.2) is 36.4 Å². The lowest BCUT2D eigenvalue weighted by Crippen LogP contribution is -2.24. The Morgan fingerprint density at radius 3 is 2.97 bits per heavy atom. The van der Waals surface area contributed by atoms with Crippen LogP contribution in [0.4, 0.5) is 11.6 Å². The van der Waals surface area contributed by atoms with Gasteiger partial charge in [0.15, 0.2) is 0 Å². The third kappa shape index (κ3) is 4.81. The molecule has 8 heteroatoms. The van der Waals surface area contributed by atoms with E-state index in [1.54, 1.807) is 24.5 Å². The maximum absolute atomic E-state index is 8.88. The Morgan fingerprint density at radius 1 is 1.23 bits per heavy atom. The minimum atomic E-state index is 0.259. The summed E-state index contributed by atoms with van der Waals surface area (Å²) < 4.78 is 0. The van der Waals surface area contributed by atoms with E-state index in [1.165, 1.54) is 6.42 Å².